The number of benzene rings is 1. The summed E-state index contributed by atoms with van der Waals surface area (Å²) in [5, 5.41) is 4.38. The quantitative estimate of drug-likeness (QED) is 0.685. The van der Waals surface area contributed by atoms with E-state index in [1.165, 1.54) is 32.5 Å². The Bertz CT molecular complexity index is 883. The summed E-state index contributed by atoms with van der Waals surface area (Å²) in [6.07, 6.45) is 0.759. The van der Waals surface area contributed by atoms with Crippen molar-refractivity contribution in [2.45, 2.75) is 37.3 Å². The van der Waals surface area contributed by atoms with Gasteiger partial charge in [-0.3, -0.25) is 4.79 Å². The Morgan fingerprint density at radius 3 is 2.86 bits per heavy atom. The van der Waals surface area contributed by atoms with Crippen LogP contribution in [0.5, 0.6) is 0 Å². The number of nitrogens with zero attached hydrogens (tertiary/aromatic N) is 3. The molecule has 0 bridgehead atoms. The van der Waals surface area contributed by atoms with Gasteiger partial charge in [0, 0.05) is 17.5 Å². The zero-order valence-electron chi connectivity index (χ0n) is 12.8. The van der Waals surface area contributed by atoms with Gasteiger partial charge in [0.25, 0.3) is 5.56 Å². The maximum atomic E-state index is 12.0. The van der Waals surface area contributed by atoms with E-state index in [0.29, 0.717) is 4.96 Å². The van der Waals surface area contributed by atoms with Crippen LogP contribution in [0.3, 0.4) is 0 Å². The highest BCUT2D eigenvalue weighted by Gasteiger charge is 2.09. The minimum absolute atomic E-state index is 0.100. The number of thioether (sulfide) groups is 1. The molecule has 2 aromatic heterocycles. The first kappa shape index (κ1) is 15.2. The van der Waals surface area contributed by atoms with Crippen molar-refractivity contribution in [3.8, 4) is 0 Å². The third-order valence-corrected chi connectivity index (χ3v) is 5.59. The van der Waals surface area contributed by atoms with Gasteiger partial charge < -0.3 is 0 Å². The van der Waals surface area contributed by atoms with Crippen molar-refractivity contribution in [3.63, 3.8) is 0 Å². The van der Waals surface area contributed by atoms with E-state index in [0.717, 1.165) is 22.2 Å². The number of hydrogen-bond acceptors (Lipinski definition) is 5. The number of hydrogen-bond donors (Lipinski definition) is 0. The maximum Gasteiger partial charge on any atom is 0.275 e. The van der Waals surface area contributed by atoms with Crippen molar-refractivity contribution >= 4 is 28.1 Å². The molecule has 0 saturated heterocycles. The van der Waals surface area contributed by atoms with E-state index in [-0.39, 0.29) is 5.56 Å². The maximum absolute atomic E-state index is 12.0. The van der Waals surface area contributed by atoms with Gasteiger partial charge in [-0.1, -0.05) is 53.8 Å². The smallest absolute Gasteiger partial charge is 0.267 e. The lowest BCUT2D eigenvalue weighted by Crippen LogP contribution is -2.14. The predicted octanol–water partition coefficient (Wildman–Crippen LogP) is 3.62. The lowest BCUT2D eigenvalue weighted by Gasteiger charge is -2.05. The van der Waals surface area contributed by atoms with Crippen LogP contribution in [0.1, 0.15) is 29.3 Å². The van der Waals surface area contributed by atoms with E-state index in [1.807, 2.05) is 6.92 Å². The van der Waals surface area contributed by atoms with Gasteiger partial charge in [-0.2, -0.15) is 4.52 Å². The van der Waals surface area contributed by atoms with Crippen LogP contribution >= 0.6 is 23.1 Å². The van der Waals surface area contributed by atoms with Crippen LogP contribution in [-0.4, -0.2) is 14.6 Å². The molecule has 0 aliphatic rings. The Balaban J connectivity index is 1.87. The Hall–Kier alpha value is -1.66. The summed E-state index contributed by atoms with van der Waals surface area (Å²) in [6, 6.07) is 8.03. The van der Waals surface area contributed by atoms with Crippen molar-refractivity contribution in [1.82, 2.24) is 14.6 Å². The Morgan fingerprint density at radius 1 is 1.27 bits per heavy atom. The largest absolute Gasteiger partial charge is 0.275 e. The summed E-state index contributed by atoms with van der Waals surface area (Å²) in [6.45, 7) is 6.21. The fourth-order valence-electron chi connectivity index (χ4n) is 2.17. The fraction of sp³-hybridized carbons (Fsp3) is 0.312. The van der Waals surface area contributed by atoms with Crippen molar-refractivity contribution < 1.29 is 0 Å². The molecule has 0 aliphatic carbocycles. The zero-order valence-corrected chi connectivity index (χ0v) is 14.4. The third-order valence-electron chi connectivity index (χ3n) is 3.50. The molecule has 3 rings (SSSR count). The highest BCUT2D eigenvalue weighted by molar-refractivity contribution is 8.00. The van der Waals surface area contributed by atoms with Gasteiger partial charge in [0.15, 0.2) is 4.34 Å². The van der Waals surface area contributed by atoms with Crippen molar-refractivity contribution in [2.24, 2.45) is 0 Å². The van der Waals surface area contributed by atoms with Gasteiger partial charge in [0.05, 0.1) is 0 Å². The Kier molecular flexibility index (Phi) is 4.31. The monoisotopic (exact) mass is 331 g/mol. The molecule has 0 N–H and O–H groups in total. The van der Waals surface area contributed by atoms with E-state index in [1.54, 1.807) is 17.8 Å². The molecule has 0 unspecified atom stereocenters. The van der Waals surface area contributed by atoms with E-state index >= 15 is 0 Å². The van der Waals surface area contributed by atoms with Crippen molar-refractivity contribution in [3.05, 3.63) is 57.0 Å². The molecule has 0 radical (unpaired) electrons. The van der Waals surface area contributed by atoms with E-state index in [9.17, 15) is 4.79 Å². The molecular formula is C16H17N3OS2. The highest BCUT2D eigenvalue weighted by atomic mass is 32.2. The summed E-state index contributed by atoms with van der Waals surface area (Å²) in [5.41, 5.74) is 4.56. The zero-order chi connectivity index (χ0) is 15.7. The highest BCUT2D eigenvalue weighted by Crippen LogP contribution is 2.28. The summed E-state index contributed by atoms with van der Waals surface area (Å²) in [7, 11) is 0. The molecule has 4 nitrogen and oxygen atoms in total. The standard InChI is InChI=1S/C16H17N3OS2/c1-4-13-8-14(20)19-15(17-13)22-16(18-19)21-9-12-7-10(2)5-6-11(12)3/h5-8H,4,9H2,1-3H3. The van der Waals surface area contributed by atoms with Gasteiger partial charge >= 0.3 is 0 Å². The number of aryl methyl sites for hydroxylation is 3. The molecule has 3 aromatic rings. The fourth-order valence-corrected chi connectivity index (χ4v) is 4.20. The molecule has 0 fully saturated rings. The number of fused-ring (bicyclic) bond motifs is 1. The van der Waals surface area contributed by atoms with Gasteiger partial charge in [-0.15, -0.1) is 5.10 Å². The van der Waals surface area contributed by atoms with Crippen LogP contribution in [0.25, 0.3) is 4.96 Å². The molecular weight excluding hydrogens is 314 g/mol. The van der Waals surface area contributed by atoms with Crippen LogP contribution in [0.15, 0.2) is 33.4 Å². The summed E-state index contributed by atoms with van der Waals surface area (Å²) >= 11 is 3.13. The normalized spacial score (nSPS) is 11.2. The predicted molar refractivity (Wildman–Crippen MR) is 92.0 cm³/mol. The molecule has 114 valence electrons. The van der Waals surface area contributed by atoms with Gasteiger partial charge in [-0.25, -0.2) is 4.98 Å². The first-order chi connectivity index (χ1) is 10.6. The second-order valence-corrected chi connectivity index (χ2v) is 7.40. The molecule has 2 heterocycles. The van der Waals surface area contributed by atoms with Crippen LogP contribution in [0, 0.1) is 13.8 Å². The van der Waals surface area contributed by atoms with E-state index in [2.05, 4.69) is 42.1 Å². The van der Waals surface area contributed by atoms with Gasteiger partial charge in [0.2, 0.25) is 4.96 Å². The number of aromatic nitrogens is 3. The molecule has 0 amide bonds. The second kappa shape index (κ2) is 6.22. The Morgan fingerprint density at radius 2 is 2.09 bits per heavy atom. The van der Waals surface area contributed by atoms with Crippen LogP contribution in [0.4, 0.5) is 0 Å². The lowest BCUT2D eigenvalue weighted by atomic mass is 10.1. The third kappa shape index (κ3) is 3.08. The molecule has 1 aromatic carbocycles. The molecule has 0 aliphatic heterocycles. The topological polar surface area (TPSA) is 47.3 Å². The van der Waals surface area contributed by atoms with E-state index in [4.69, 9.17) is 0 Å². The minimum atomic E-state index is -0.100. The average molecular weight is 331 g/mol. The lowest BCUT2D eigenvalue weighted by molar-refractivity contribution is 0.842. The Labute approximate surface area is 137 Å². The number of rotatable bonds is 4. The van der Waals surface area contributed by atoms with Crippen molar-refractivity contribution in [2.75, 3.05) is 0 Å². The van der Waals surface area contributed by atoms with Crippen LogP contribution in [0.2, 0.25) is 0 Å². The average Bonchev–Trinajstić information content (AvgIpc) is 2.91. The molecule has 0 spiro atoms. The van der Waals surface area contributed by atoms with E-state index < -0.39 is 0 Å². The first-order valence-electron chi connectivity index (χ1n) is 7.15. The molecule has 6 heteroatoms. The van der Waals surface area contributed by atoms with Gasteiger partial charge in [-0.05, 0) is 31.4 Å². The summed E-state index contributed by atoms with van der Waals surface area (Å²) in [5.74, 6) is 0.850. The first-order valence-corrected chi connectivity index (χ1v) is 8.95. The van der Waals surface area contributed by atoms with Gasteiger partial charge in [0.1, 0.15) is 0 Å². The molecule has 0 saturated carbocycles. The SMILES string of the molecule is CCc1cc(=O)n2nc(SCc3cc(C)ccc3C)sc2n1. The van der Waals surface area contributed by atoms with Crippen LogP contribution in [-0.2, 0) is 12.2 Å². The summed E-state index contributed by atoms with van der Waals surface area (Å²) in [4.78, 5) is 17.1. The summed E-state index contributed by atoms with van der Waals surface area (Å²) < 4.78 is 2.27. The minimum Gasteiger partial charge on any atom is -0.267 e. The van der Waals surface area contributed by atoms with Crippen molar-refractivity contribution in [1.29, 1.82) is 0 Å². The van der Waals surface area contributed by atoms with Crippen LogP contribution < -0.4 is 5.56 Å². The second-order valence-electron chi connectivity index (χ2n) is 5.22. The molecule has 22 heavy (non-hydrogen) atoms. The molecule has 0 atom stereocenters.